The molecule has 0 heterocycles. The number of hydrogen-bond acceptors (Lipinski definition) is 7. The summed E-state index contributed by atoms with van der Waals surface area (Å²) in [5.74, 6) is -3.10. The maximum absolute atomic E-state index is 11.6. The Kier molecular flexibility index (Phi) is 6.44. The zero-order chi connectivity index (χ0) is 15.8. The number of aliphatic hydroxyl groups excluding tert-OH is 1. The van der Waals surface area contributed by atoms with E-state index >= 15 is 0 Å². The molecule has 2 N–H and O–H groups in total. The van der Waals surface area contributed by atoms with E-state index in [1.54, 1.807) is 0 Å². The van der Waals surface area contributed by atoms with Crippen molar-refractivity contribution in [2.45, 2.75) is 0 Å². The molecular formula is C13H15NO7. The number of carboxylic acid groups (broad SMARTS) is 1. The van der Waals surface area contributed by atoms with Crippen molar-refractivity contribution in [2.24, 2.45) is 0 Å². The number of aliphatic carboxylic acids is 1. The van der Waals surface area contributed by atoms with Crippen LogP contribution in [-0.4, -0.2) is 71.5 Å². The van der Waals surface area contributed by atoms with Crippen LogP contribution in [0.1, 0.15) is 0 Å². The topological polar surface area (TPSA) is 121 Å². The van der Waals surface area contributed by atoms with E-state index in [1.165, 1.54) is 4.90 Å². The average molecular weight is 297 g/mol. The molecule has 21 heavy (non-hydrogen) atoms. The highest BCUT2D eigenvalue weighted by Gasteiger charge is 2.22. The molecular weight excluding hydrogens is 282 g/mol. The lowest BCUT2D eigenvalue weighted by atomic mass is 10.0. The third-order valence-corrected chi connectivity index (χ3v) is 2.59. The SMILES string of the molecule is O=C1C=CC(=O)C(C(=O)OCCN(CCO)CC(=O)O)=C1. The number of carboxylic acids is 1. The Morgan fingerprint density at radius 3 is 2.52 bits per heavy atom. The molecule has 0 aromatic rings. The number of ether oxygens (including phenoxy) is 1. The predicted octanol–water partition coefficient (Wildman–Crippen LogP) is -1.46. The number of nitrogens with zero attached hydrogens (tertiary/aromatic N) is 1. The second-order valence-corrected chi connectivity index (χ2v) is 4.19. The van der Waals surface area contributed by atoms with Gasteiger partial charge in [-0.2, -0.15) is 0 Å². The molecule has 0 aliphatic heterocycles. The number of esters is 1. The molecule has 0 amide bonds. The van der Waals surface area contributed by atoms with E-state index in [4.69, 9.17) is 14.9 Å². The van der Waals surface area contributed by atoms with Gasteiger partial charge in [0.1, 0.15) is 12.2 Å². The van der Waals surface area contributed by atoms with Gasteiger partial charge >= 0.3 is 11.9 Å². The zero-order valence-electron chi connectivity index (χ0n) is 11.2. The van der Waals surface area contributed by atoms with Crippen LogP contribution in [0.15, 0.2) is 23.8 Å². The standard InChI is InChI=1S/C13H15NO7/c15-5-3-14(8-12(18)19)4-6-21-13(20)10-7-9(16)1-2-11(10)17/h1-2,7,15H,3-6,8H2,(H,18,19). The summed E-state index contributed by atoms with van der Waals surface area (Å²) in [6.45, 7) is -0.490. The van der Waals surface area contributed by atoms with Gasteiger partial charge in [0.15, 0.2) is 11.6 Å². The second kappa shape index (κ2) is 8.08. The molecule has 0 unspecified atom stereocenters. The van der Waals surface area contributed by atoms with Crippen molar-refractivity contribution >= 4 is 23.5 Å². The summed E-state index contributed by atoms with van der Waals surface area (Å²) in [7, 11) is 0. The molecule has 0 saturated carbocycles. The molecule has 0 saturated heterocycles. The zero-order valence-corrected chi connectivity index (χ0v) is 11.2. The van der Waals surface area contributed by atoms with Crippen LogP contribution >= 0.6 is 0 Å². The predicted molar refractivity (Wildman–Crippen MR) is 69.4 cm³/mol. The lowest BCUT2D eigenvalue weighted by molar-refractivity contribution is -0.141. The van der Waals surface area contributed by atoms with Crippen LogP contribution in [0, 0.1) is 0 Å². The molecule has 0 bridgehead atoms. The maximum atomic E-state index is 11.6. The van der Waals surface area contributed by atoms with Crippen LogP contribution in [0.2, 0.25) is 0 Å². The Balaban J connectivity index is 2.47. The number of carbonyl (C=O) groups excluding carboxylic acids is 3. The molecule has 1 rings (SSSR count). The van der Waals surface area contributed by atoms with E-state index in [1.807, 2.05) is 0 Å². The first-order valence-corrected chi connectivity index (χ1v) is 6.14. The van der Waals surface area contributed by atoms with Crippen LogP contribution < -0.4 is 0 Å². The van der Waals surface area contributed by atoms with Crippen molar-refractivity contribution in [3.8, 4) is 0 Å². The lowest BCUT2D eigenvalue weighted by Crippen LogP contribution is -2.35. The van der Waals surface area contributed by atoms with Crippen LogP contribution in [0.25, 0.3) is 0 Å². The summed E-state index contributed by atoms with van der Waals surface area (Å²) in [5.41, 5.74) is -0.352. The fourth-order valence-electron chi connectivity index (χ4n) is 1.62. The summed E-state index contributed by atoms with van der Waals surface area (Å²) < 4.78 is 4.83. The maximum Gasteiger partial charge on any atom is 0.342 e. The van der Waals surface area contributed by atoms with Crippen molar-refractivity contribution in [3.63, 3.8) is 0 Å². The second-order valence-electron chi connectivity index (χ2n) is 4.19. The van der Waals surface area contributed by atoms with Gasteiger partial charge in [0.05, 0.1) is 13.2 Å². The van der Waals surface area contributed by atoms with Crippen LogP contribution in [0.5, 0.6) is 0 Å². The van der Waals surface area contributed by atoms with Crippen molar-refractivity contribution in [1.82, 2.24) is 4.90 Å². The molecule has 0 atom stereocenters. The minimum Gasteiger partial charge on any atom is -0.480 e. The van der Waals surface area contributed by atoms with Crippen molar-refractivity contribution in [3.05, 3.63) is 23.8 Å². The van der Waals surface area contributed by atoms with Gasteiger partial charge < -0.3 is 14.9 Å². The average Bonchev–Trinajstić information content (AvgIpc) is 2.41. The summed E-state index contributed by atoms with van der Waals surface area (Å²) in [5, 5.41) is 17.4. The number of rotatable bonds is 8. The van der Waals surface area contributed by atoms with Gasteiger partial charge in [0, 0.05) is 19.2 Å². The monoisotopic (exact) mass is 297 g/mol. The molecule has 0 radical (unpaired) electrons. The molecule has 0 fully saturated rings. The van der Waals surface area contributed by atoms with E-state index in [0.717, 1.165) is 18.2 Å². The minimum absolute atomic E-state index is 0.0872. The van der Waals surface area contributed by atoms with Gasteiger partial charge in [-0.3, -0.25) is 19.3 Å². The van der Waals surface area contributed by atoms with Crippen molar-refractivity contribution < 1.29 is 34.1 Å². The lowest BCUT2D eigenvalue weighted by Gasteiger charge is -2.18. The molecule has 0 spiro atoms. The van der Waals surface area contributed by atoms with Gasteiger partial charge in [-0.1, -0.05) is 0 Å². The molecule has 1 aliphatic rings. The van der Waals surface area contributed by atoms with Crippen LogP contribution in [0.4, 0.5) is 0 Å². The number of hydrogen-bond donors (Lipinski definition) is 2. The summed E-state index contributed by atoms with van der Waals surface area (Å²) in [6.07, 6.45) is 2.93. The quantitative estimate of drug-likeness (QED) is 0.317. The van der Waals surface area contributed by atoms with Gasteiger partial charge in [0.25, 0.3) is 0 Å². The number of aliphatic hydroxyl groups is 1. The van der Waals surface area contributed by atoms with E-state index in [-0.39, 0.29) is 38.4 Å². The molecule has 114 valence electrons. The molecule has 8 heteroatoms. The first kappa shape index (κ1) is 16.7. The van der Waals surface area contributed by atoms with Crippen LogP contribution in [0.3, 0.4) is 0 Å². The van der Waals surface area contributed by atoms with Gasteiger partial charge in [0.2, 0.25) is 0 Å². The van der Waals surface area contributed by atoms with E-state index in [0.29, 0.717) is 0 Å². The largest absolute Gasteiger partial charge is 0.480 e. The highest BCUT2D eigenvalue weighted by Crippen LogP contribution is 2.07. The first-order valence-electron chi connectivity index (χ1n) is 6.14. The number of ketones is 2. The third-order valence-electron chi connectivity index (χ3n) is 2.59. The smallest absolute Gasteiger partial charge is 0.342 e. The van der Waals surface area contributed by atoms with Crippen LogP contribution in [-0.2, 0) is 23.9 Å². The van der Waals surface area contributed by atoms with E-state index in [9.17, 15) is 19.2 Å². The summed E-state index contributed by atoms with van der Waals surface area (Å²) in [6, 6.07) is 0. The third kappa shape index (κ3) is 5.67. The number of carbonyl (C=O) groups is 4. The fourth-order valence-corrected chi connectivity index (χ4v) is 1.62. The Bertz CT molecular complexity index is 507. The Hall–Kier alpha value is -2.32. The highest BCUT2D eigenvalue weighted by atomic mass is 16.5. The Morgan fingerprint density at radius 2 is 1.90 bits per heavy atom. The molecule has 0 aromatic carbocycles. The van der Waals surface area contributed by atoms with E-state index < -0.39 is 23.5 Å². The Morgan fingerprint density at radius 1 is 1.19 bits per heavy atom. The number of allylic oxidation sites excluding steroid dienone is 3. The van der Waals surface area contributed by atoms with Gasteiger partial charge in [-0.05, 0) is 12.2 Å². The van der Waals surface area contributed by atoms with Gasteiger partial charge in [-0.15, -0.1) is 0 Å². The summed E-state index contributed by atoms with van der Waals surface area (Å²) in [4.78, 5) is 46.1. The van der Waals surface area contributed by atoms with E-state index in [2.05, 4.69) is 0 Å². The molecule has 0 aromatic heterocycles. The normalized spacial score (nSPS) is 14.3. The minimum atomic E-state index is -1.07. The highest BCUT2D eigenvalue weighted by molar-refractivity contribution is 6.28. The summed E-state index contributed by atoms with van der Waals surface area (Å²) >= 11 is 0. The Labute approximate surface area is 120 Å². The fraction of sp³-hybridized carbons (Fsp3) is 0.385. The van der Waals surface area contributed by atoms with Crippen molar-refractivity contribution in [2.75, 3.05) is 32.8 Å². The molecule has 8 nitrogen and oxygen atoms in total. The first-order chi connectivity index (χ1) is 9.93. The van der Waals surface area contributed by atoms with Crippen molar-refractivity contribution in [1.29, 1.82) is 0 Å². The molecule has 1 aliphatic carbocycles. The van der Waals surface area contributed by atoms with Gasteiger partial charge in [-0.25, -0.2) is 4.79 Å².